The summed E-state index contributed by atoms with van der Waals surface area (Å²) >= 11 is 9.23. The molecule has 17 heavy (non-hydrogen) atoms. The average Bonchev–Trinajstić information content (AvgIpc) is 2.35. The van der Waals surface area contributed by atoms with Crippen molar-refractivity contribution >= 4 is 39.2 Å². The van der Waals surface area contributed by atoms with Crippen LogP contribution in [-0.2, 0) is 0 Å². The van der Waals surface area contributed by atoms with Crippen molar-refractivity contribution in [3.8, 4) is 0 Å². The summed E-state index contributed by atoms with van der Waals surface area (Å²) in [6.07, 6.45) is 3.41. The van der Waals surface area contributed by atoms with E-state index in [2.05, 4.69) is 21.2 Å². The van der Waals surface area contributed by atoms with E-state index in [4.69, 9.17) is 11.6 Å². The zero-order valence-corrected chi connectivity index (χ0v) is 11.7. The van der Waals surface area contributed by atoms with Crippen molar-refractivity contribution in [2.75, 3.05) is 18.4 Å². The number of rotatable bonds is 1. The summed E-state index contributed by atoms with van der Waals surface area (Å²) in [5.41, 5.74) is 0.761. The molecule has 3 nitrogen and oxygen atoms in total. The minimum Gasteiger partial charge on any atom is -0.325 e. The number of piperidine rings is 1. The van der Waals surface area contributed by atoms with Crippen LogP contribution in [0.1, 0.15) is 19.3 Å². The summed E-state index contributed by atoms with van der Waals surface area (Å²) in [5.74, 6) is 0. The fourth-order valence-corrected chi connectivity index (χ4v) is 2.37. The summed E-state index contributed by atoms with van der Waals surface area (Å²) in [7, 11) is 0. The van der Waals surface area contributed by atoms with Crippen molar-refractivity contribution < 1.29 is 4.79 Å². The van der Waals surface area contributed by atoms with Crippen molar-refractivity contribution in [2.45, 2.75) is 19.3 Å². The first kappa shape index (κ1) is 12.7. The number of halogens is 2. The molecule has 1 N–H and O–H groups in total. The van der Waals surface area contributed by atoms with Gasteiger partial charge in [0.15, 0.2) is 0 Å². The lowest BCUT2D eigenvalue weighted by molar-refractivity contribution is 0.200. The molecular formula is C12H14BrClN2O. The van der Waals surface area contributed by atoms with Crippen molar-refractivity contribution in [3.05, 3.63) is 27.7 Å². The van der Waals surface area contributed by atoms with E-state index in [1.165, 1.54) is 6.42 Å². The molecule has 5 heteroatoms. The molecule has 0 aliphatic carbocycles. The largest absolute Gasteiger partial charge is 0.325 e. The Morgan fingerprint density at radius 2 is 2.00 bits per heavy atom. The lowest BCUT2D eigenvalue weighted by atomic mass is 10.1. The Bertz CT molecular complexity index is 419. The molecule has 1 aliphatic rings. The quantitative estimate of drug-likeness (QED) is 0.830. The normalized spacial score (nSPS) is 15.8. The highest BCUT2D eigenvalue weighted by atomic mass is 79.9. The molecule has 1 aliphatic heterocycles. The van der Waals surface area contributed by atoms with Crippen LogP contribution < -0.4 is 5.32 Å². The Hall–Kier alpha value is -0.740. The molecule has 0 aromatic heterocycles. The molecule has 0 bridgehead atoms. The highest BCUT2D eigenvalue weighted by molar-refractivity contribution is 9.10. The molecule has 92 valence electrons. The molecule has 1 aromatic carbocycles. The van der Waals surface area contributed by atoms with E-state index in [-0.39, 0.29) is 6.03 Å². The van der Waals surface area contributed by atoms with Crippen LogP contribution in [0.15, 0.2) is 22.7 Å². The third-order valence-electron chi connectivity index (χ3n) is 2.81. The first-order valence-corrected chi connectivity index (χ1v) is 6.85. The first-order chi connectivity index (χ1) is 8.16. The maximum atomic E-state index is 11.9. The fraction of sp³-hybridized carbons (Fsp3) is 0.417. The molecular weight excluding hydrogens is 304 g/mol. The molecule has 0 unspecified atom stereocenters. The molecule has 1 aromatic rings. The van der Waals surface area contributed by atoms with Crippen molar-refractivity contribution in [2.24, 2.45) is 0 Å². The summed E-state index contributed by atoms with van der Waals surface area (Å²) in [6.45, 7) is 1.70. The van der Waals surface area contributed by atoms with E-state index in [0.29, 0.717) is 5.02 Å². The number of carbonyl (C=O) groups excluding carboxylic acids is 1. The maximum absolute atomic E-state index is 11.9. The van der Waals surface area contributed by atoms with Gasteiger partial charge in [0, 0.05) is 23.2 Å². The van der Waals surface area contributed by atoms with Crippen molar-refractivity contribution in [3.63, 3.8) is 0 Å². The summed E-state index contributed by atoms with van der Waals surface area (Å²) < 4.78 is 0.788. The minimum atomic E-state index is -0.0288. The molecule has 0 radical (unpaired) electrons. The maximum Gasteiger partial charge on any atom is 0.321 e. The Morgan fingerprint density at radius 3 is 2.65 bits per heavy atom. The van der Waals surface area contributed by atoms with Crippen molar-refractivity contribution in [1.29, 1.82) is 0 Å². The van der Waals surface area contributed by atoms with Gasteiger partial charge in [0.2, 0.25) is 0 Å². The average molecular weight is 318 g/mol. The number of nitrogens with zero attached hydrogens (tertiary/aromatic N) is 1. The predicted octanol–water partition coefficient (Wildman–Crippen LogP) is 4.12. The van der Waals surface area contributed by atoms with Crippen LogP contribution in [-0.4, -0.2) is 24.0 Å². The predicted molar refractivity (Wildman–Crippen MR) is 73.6 cm³/mol. The van der Waals surface area contributed by atoms with Crippen LogP contribution in [0.3, 0.4) is 0 Å². The van der Waals surface area contributed by atoms with Gasteiger partial charge in [-0.1, -0.05) is 11.6 Å². The van der Waals surface area contributed by atoms with E-state index in [9.17, 15) is 4.79 Å². The molecule has 1 saturated heterocycles. The summed E-state index contributed by atoms with van der Waals surface area (Å²) in [5, 5.41) is 3.52. The van der Waals surface area contributed by atoms with Gasteiger partial charge in [0.05, 0.1) is 5.02 Å². The summed E-state index contributed by atoms with van der Waals surface area (Å²) in [6, 6.07) is 5.34. The Kier molecular flexibility index (Phi) is 4.29. The zero-order chi connectivity index (χ0) is 12.3. The standard InChI is InChI=1S/C12H14BrClN2O/c13-10-8-9(4-5-11(10)14)15-12(17)16-6-2-1-3-7-16/h4-5,8H,1-3,6-7H2,(H,15,17). The van der Waals surface area contributed by atoms with Gasteiger partial charge in [-0.15, -0.1) is 0 Å². The van der Waals surface area contributed by atoms with Crippen molar-refractivity contribution in [1.82, 2.24) is 4.90 Å². The van der Waals surface area contributed by atoms with Gasteiger partial charge >= 0.3 is 6.03 Å². The molecule has 2 amide bonds. The molecule has 2 rings (SSSR count). The molecule has 0 atom stereocenters. The van der Waals surface area contributed by atoms with E-state index < -0.39 is 0 Å². The number of anilines is 1. The summed E-state index contributed by atoms with van der Waals surface area (Å²) in [4.78, 5) is 13.8. The number of hydrogen-bond acceptors (Lipinski definition) is 1. The van der Waals surface area contributed by atoms with Crippen LogP contribution in [0, 0.1) is 0 Å². The number of nitrogens with one attached hydrogen (secondary N) is 1. The second-order valence-corrected chi connectivity index (χ2v) is 5.37. The zero-order valence-electron chi connectivity index (χ0n) is 9.38. The lowest BCUT2D eigenvalue weighted by Crippen LogP contribution is -2.38. The van der Waals surface area contributed by atoms with Gasteiger partial charge < -0.3 is 10.2 Å². The van der Waals surface area contributed by atoms with E-state index in [1.807, 2.05) is 11.0 Å². The molecule has 0 spiro atoms. The number of amides is 2. The third-order valence-corrected chi connectivity index (χ3v) is 4.03. The smallest absolute Gasteiger partial charge is 0.321 e. The second-order valence-electron chi connectivity index (χ2n) is 4.11. The van der Waals surface area contributed by atoms with E-state index in [0.717, 1.165) is 36.1 Å². The SMILES string of the molecule is O=C(Nc1ccc(Cl)c(Br)c1)N1CCCCC1. The van der Waals surface area contributed by atoms with E-state index >= 15 is 0 Å². The lowest BCUT2D eigenvalue weighted by Gasteiger charge is -2.26. The number of carbonyl (C=O) groups is 1. The van der Waals surface area contributed by atoms with Crippen LogP contribution in [0.25, 0.3) is 0 Å². The van der Waals surface area contributed by atoms with Crippen LogP contribution in [0.5, 0.6) is 0 Å². The number of hydrogen-bond donors (Lipinski definition) is 1. The van der Waals surface area contributed by atoms with Gasteiger partial charge in [-0.25, -0.2) is 4.79 Å². The van der Waals surface area contributed by atoms with Gasteiger partial charge in [0.1, 0.15) is 0 Å². The molecule has 1 fully saturated rings. The second kappa shape index (κ2) is 5.74. The highest BCUT2D eigenvalue weighted by Gasteiger charge is 2.16. The number of urea groups is 1. The first-order valence-electron chi connectivity index (χ1n) is 5.68. The van der Waals surface area contributed by atoms with Gasteiger partial charge in [-0.3, -0.25) is 0 Å². The van der Waals surface area contributed by atoms with Crippen LogP contribution in [0.2, 0.25) is 5.02 Å². The third kappa shape index (κ3) is 3.36. The Morgan fingerprint density at radius 1 is 1.29 bits per heavy atom. The highest BCUT2D eigenvalue weighted by Crippen LogP contribution is 2.25. The van der Waals surface area contributed by atoms with Gasteiger partial charge in [-0.2, -0.15) is 0 Å². The Balaban J connectivity index is 1.99. The van der Waals surface area contributed by atoms with Gasteiger partial charge in [-0.05, 0) is 53.4 Å². The fourth-order valence-electron chi connectivity index (χ4n) is 1.87. The molecule has 0 saturated carbocycles. The number of likely N-dealkylation sites (tertiary alicyclic amines) is 1. The minimum absolute atomic E-state index is 0.0288. The topological polar surface area (TPSA) is 32.3 Å². The molecule has 1 heterocycles. The monoisotopic (exact) mass is 316 g/mol. The van der Waals surface area contributed by atoms with Crippen LogP contribution in [0.4, 0.5) is 10.5 Å². The Labute approximate surface area is 114 Å². The number of benzene rings is 1. The van der Waals surface area contributed by atoms with E-state index in [1.54, 1.807) is 12.1 Å². The van der Waals surface area contributed by atoms with Crippen LogP contribution >= 0.6 is 27.5 Å². The van der Waals surface area contributed by atoms with Gasteiger partial charge in [0.25, 0.3) is 0 Å².